The van der Waals surface area contributed by atoms with Gasteiger partial charge in [-0.1, -0.05) is 48.4 Å². The van der Waals surface area contributed by atoms with Crippen molar-refractivity contribution in [3.05, 3.63) is 93.3 Å². The minimum atomic E-state index is -0.353. The van der Waals surface area contributed by atoms with Crippen molar-refractivity contribution in [1.29, 1.82) is 0 Å². The average molecular weight is 387 g/mol. The second kappa shape index (κ2) is 7.64. The smallest absolute Gasteiger partial charge is 0.259 e. The summed E-state index contributed by atoms with van der Waals surface area (Å²) in [6.45, 7) is 0. The van der Waals surface area contributed by atoms with Crippen molar-refractivity contribution in [2.24, 2.45) is 7.05 Å². The fourth-order valence-electron chi connectivity index (χ4n) is 3.17. The molecule has 6 heteroatoms. The molecule has 0 aliphatic carbocycles. The Morgan fingerprint density at radius 3 is 2.55 bits per heavy atom. The molecule has 5 nitrogen and oxygen atoms in total. The minimum Gasteiger partial charge on any atom is -0.505 e. The van der Waals surface area contributed by atoms with Crippen LogP contribution in [0.25, 0.3) is 11.2 Å². The normalized spacial score (nSPS) is 10.7. The molecule has 0 radical (unpaired) electrons. The third kappa shape index (κ3) is 3.76. The number of aromatic amines is 1. The second-order valence-electron chi connectivity index (χ2n) is 6.74. The van der Waals surface area contributed by atoms with Crippen molar-refractivity contribution in [2.45, 2.75) is 12.8 Å². The van der Waals surface area contributed by atoms with Crippen LogP contribution in [0.3, 0.4) is 0 Å². The van der Waals surface area contributed by atoms with Gasteiger partial charge in [-0.25, -0.2) is 9.37 Å². The number of imidazole rings is 1. The van der Waals surface area contributed by atoms with E-state index in [-0.39, 0.29) is 29.1 Å². The van der Waals surface area contributed by atoms with Crippen molar-refractivity contribution in [3.63, 3.8) is 0 Å². The van der Waals surface area contributed by atoms with Gasteiger partial charge in [0.05, 0.1) is 5.56 Å². The van der Waals surface area contributed by atoms with E-state index in [2.05, 4.69) is 21.8 Å². The maximum Gasteiger partial charge on any atom is 0.259 e. The maximum atomic E-state index is 13.1. The van der Waals surface area contributed by atoms with Crippen LogP contribution < -0.4 is 5.56 Å². The van der Waals surface area contributed by atoms with Crippen LogP contribution in [0, 0.1) is 17.7 Å². The average Bonchev–Trinajstić information content (AvgIpc) is 3.16. The van der Waals surface area contributed by atoms with E-state index < -0.39 is 0 Å². The van der Waals surface area contributed by atoms with Crippen LogP contribution in [0.4, 0.5) is 4.39 Å². The Kier molecular flexibility index (Phi) is 4.88. The van der Waals surface area contributed by atoms with Crippen LogP contribution in [0.15, 0.2) is 59.4 Å². The molecule has 2 N–H and O–H groups in total. The molecule has 2 aromatic heterocycles. The number of nitrogens with zero attached hydrogens (tertiary/aromatic N) is 2. The molecule has 0 saturated carbocycles. The van der Waals surface area contributed by atoms with E-state index >= 15 is 0 Å². The molecule has 2 heterocycles. The highest BCUT2D eigenvalue weighted by atomic mass is 19.1. The molecule has 0 atom stereocenters. The van der Waals surface area contributed by atoms with Crippen molar-refractivity contribution in [2.75, 3.05) is 0 Å². The lowest BCUT2D eigenvalue weighted by Crippen LogP contribution is -2.22. The number of benzene rings is 2. The van der Waals surface area contributed by atoms with Crippen LogP contribution in [0.5, 0.6) is 5.75 Å². The molecule has 0 amide bonds. The number of rotatable bonds is 3. The van der Waals surface area contributed by atoms with Gasteiger partial charge in [0.2, 0.25) is 0 Å². The molecule has 144 valence electrons. The van der Waals surface area contributed by atoms with E-state index in [4.69, 9.17) is 0 Å². The number of aromatic nitrogens is 3. The minimum absolute atomic E-state index is 0.156. The van der Waals surface area contributed by atoms with Gasteiger partial charge in [0, 0.05) is 19.9 Å². The molecule has 0 aliphatic heterocycles. The molecule has 0 aliphatic rings. The highest BCUT2D eigenvalue weighted by Crippen LogP contribution is 2.26. The standard InChI is InChI=1S/C23H18FN3O2/c1-27-22-20(25-19(26-22)9-5-8-15-6-3-2-4-7-15)21(28)18(23(27)29)14-16-10-12-17(24)13-11-16/h2-4,6-7,10-13,28H,8,14H2,1H3,(H,25,26). The Hall–Kier alpha value is -3.85. The van der Waals surface area contributed by atoms with Crippen molar-refractivity contribution < 1.29 is 9.50 Å². The summed E-state index contributed by atoms with van der Waals surface area (Å²) in [6.07, 6.45) is 0.751. The van der Waals surface area contributed by atoms with E-state index in [1.807, 2.05) is 30.3 Å². The Morgan fingerprint density at radius 1 is 1.10 bits per heavy atom. The van der Waals surface area contributed by atoms with Gasteiger partial charge in [-0.05, 0) is 29.2 Å². The third-order valence-electron chi connectivity index (χ3n) is 4.72. The number of aryl methyl sites for hydroxylation is 1. The molecule has 4 aromatic rings. The Balaban J connectivity index is 1.69. The molecule has 4 rings (SSSR count). The number of nitrogens with one attached hydrogen (secondary N) is 1. The summed E-state index contributed by atoms with van der Waals surface area (Å²) in [5, 5.41) is 10.7. The summed E-state index contributed by atoms with van der Waals surface area (Å²) in [4.78, 5) is 20.1. The summed E-state index contributed by atoms with van der Waals surface area (Å²) in [5.41, 5.74) is 2.37. The first-order chi connectivity index (χ1) is 14.0. The van der Waals surface area contributed by atoms with E-state index in [0.717, 1.165) is 11.1 Å². The lowest BCUT2D eigenvalue weighted by atomic mass is 10.1. The zero-order chi connectivity index (χ0) is 20.4. The molecule has 0 unspecified atom stereocenters. The molecule has 0 bridgehead atoms. The summed E-state index contributed by atoms with van der Waals surface area (Å²) in [7, 11) is 1.60. The van der Waals surface area contributed by atoms with Crippen LogP contribution in [0.2, 0.25) is 0 Å². The monoisotopic (exact) mass is 387 g/mol. The van der Waals surface area contributed by atoms with Gasteiger partial charge in [-0.15, -0.1) is 0 Å². The molecular weight excluding hydrogens is 369 g/mol. The lowest BCUT2D eigenvalue weighted by molar-refractivity contribution is 0.472. The van der Waals surface area contributed by atoms with E-state index in [1.165, 1.54) is 16.7 Å². The first-order valence-corrected chi connectivity index (χ1v) is 9.10. The first kappa shape index (κ1) is 18.5. The van der Waals surface area contributed by atoms with E-state index in [9.17, 15) is 14.3 Å². The van der Waals surface area contributed by atoms with Gasteiger partial charge >= 0.3 is 0 Å². The van der Waals surface area contributed by atoms with Gasteiger partial charge < -0.3 is 10.1 Å². The molecule has 29 heavy (non-hydrogen) atoms. The third-order valence-corrected chi connectivity index (χ3v) is 4.72. The van der Waals surface area contributed by atoms with Gasteiger partial charge in [-0.3, -0.25) is 9.36 Å². The topological polar surface area (TPSA) is 70.9 Å². The van der Waals surface area contributed by atoms with Crippen LogP contribution in [-0.2, 0) is 19.9 Å². The van der Waals surface area contributed by atoms with Gasteiger partial charge in [0.25, 0.3) is 5.56 Å². The fourth-order valence-corrected chi connectivity index (χ4v) is 3.17. The number of halogens is 1. The highest BCUT2D eigenvalue weighted by Gasteiger charge is 2.18. The van der Waals surface area contributed by atoms with Gasteiger partial charge in [0.15, 0.2) is 17.2 Å². The zero-order valence-corrected chi connectivity index (χ0v) is 15.7. The number of hydrogen-bond donors (Lipinski definition) is 2. The van der Waals surface area contributed by atoms with Crippen LogP contribution in [0.1, 0.15) is 22.5 Å². The second-order valence-corrected chi connectivity index (χ2v) is 6.74. The summed E-state index contributed by atoms with van der Waals surface area (Å²) < 4.78 is 14.5. The zero-order valence-electron chi connectivity index (χ0n) is 15.7. The number of pyridine rings is 1. The number of aromatic hydroxyl groups is 1. The first-order valence-electron chi connectivity index (χ1n) is 9.10. The maximum absolute atomic E-state index is 13.1. The molecular formula is C23H18FN3O2. The Morgan fingerprint density at radius 2 is 1.83 bits per heavy atom. The number of H-pyrrole nitrogens is 1. The highest BCUT2D eigenvalue weighted by molar-refractivity contribution is 5.80. The SMILES string of the molecule is Cn1c(=O)c(Cc2ccc(F)cc2)c(O)c2[nH]c(C#CCc3ccccc3)nc21. The summed E-state index contributed by atoms with van der Waals surface area (Å²) in [6, 6.07) is 15.7. The molecule has 0 saturated heterocycles. The summed E-state index contributed by atoms with van der Waals surface area (Å²) >= 11 is 0. The predicted molar refractivity (Wildman–Crippen MR) is 109 cm³/mol. The van der Waals surface area contributed by atoms with Crippen LogP contribution in [-0.4, -0.2) is 19.6 Å². The lowest BCUT2D eigenvalue weighted by Gasteiger charge is -2.08. The molecule has 0 fully saturated rings. The largest absolute Gasteiger partial charge is 0.505 e. The summed E-state index contributed by atoms with van der Waals surface area (Å²) in [5.74, 6) is 5.86. The van der Waals surface area contributed by atoms with E-state index in [1.54, 1.807) is 19.2 Å². The Bertz CT molecular complexity index is 1290. The molecule has 0 spiro atoms. The van der Waals surface area contributed by atoms with Gasteiger partial charge in [-0.2, -0.15) is 0 Å². The van der Waals surface area contributed by atoms with Crippen molar-refractivity contribution in [1.82, 2.24) is 14.5 Å². The number of fused-ring (bicyclic) bond motifs is 1. The van der Waals surface area contributed by atoms with Gasteiger partial charge in [0.1, 0.15) is 11.3 Å². The fraction of sp³-hybridized carbons (Fsp3) is 0.130. The quantitative estimate of drug-likeness (QED) is 0.530. The number of hydrogen-bond acceptors (Lipinski definition) is 3. The Labute approximate surface area is 166 Å². The molecule has 2 aromatic carbocycles. The van der Waals surface area contributed by atoms with Crippen LogP contribution >= 0.6 is 0 Å². The van der Waals surface area contributed by atoms with Crippen molar-refractivity contribution in [3.8, 4) is 17.6 Å². The van der Waals surface area contributed by atoms with Crippen molar-refractivity contribution >= 4 is 11.2 Å². The predicted octanol–water partition coefficient (Wildman–Crippen LogP) is 3.29. The van der Waals surface area contributed by atoms with E-state index in [0.29, 0.717) is 23.4 Å².